The normalized spacial score (nSPS) is 10.0. The lowest BCUT2D eigenvalue weighted by atomic mass is 10.1. The quantitative estimate of drug-likeness (QED) is 0.742. The lowest BCUT2D eigenvalue weighted by Gasteiger charge is -2.06. The summed E-state index contributed by atoms with van der Waals surface area (Å²) >= 11 is 0. The summed E-state index contributed by atoms with van der Waals surface area (Å²) in [7, 11) is 1.62. The zero-order chi connectivity index (χ0) is 14.1. The highest BCUT2D eigenvalue weighted by Crippen LogP contribution is 2.11. The summed E-state index contributed by atoms with van der Waals surface area (Å²) in [5.74, 6) is 0.0313. The monoisotopic (exact) mass is 262 g/mol. The fourth-order valence-corrected chi connectivity index (χ4v) is 1.74. The van der Waals surface area contributed by atoms with E-state index in [9.17, 15) is 9.59 Å². The number of anilines is 1. The number of benzene rings is 1. The van der Waals surface area contributed by atoms with Gasteiger partial charge in [-0.15, -0.1) is 0 Å². The number of likely N-dealkylation sites (N-methyl/N-ethyl adjacent to an activating group) is 1. The smallest absolute Gasteiger partial charge is 0.224 e. The lowest BCUT2D eigenvalue weighted by Crippen LogP contribution is -2.19. The maximum absolute atomic E-state index is 11.6. The van der Waals surface area contributed by atoms with Gasteiger partial charge in [0.2, 0.25) is 11.8 Å². The van der Waals surface area contributed by atoms with Crippen LogP contribution < -0.4 is 10.6 Å². The van der Waals surface area contributed by atoms with Gasteiger partial charge in [-0.3, -0.25) is 9.59 Å². The Morgan fingerprint density at radius 3 is 2.32 bits per heavy atom. The fourth-order valence-electron chi connectivity index (χ4n) is 1.74. The molecule has 0 saturated heterocycles. The molecule has 2 amide bonds. The Labute approximate surface area is 114 Å². The van der Waals surface area contributed by atoms with E-state index in [2.05, 4.69) is 17.6 Å². The number of rotatable bonds is 7. The Bertz CT molecular complexity index is 413. The van der Waals surface area contributed by atoms with Gasteiger partial charge in [0.1, 0.15) is 0 Å². The van der Waals surface area contributed by atoms with Crippen LogP contribution in [0, 0.1) is 0 Å². The van der Waals surface area contributed by atoms with Gasteiger partial charge in [-0.05, 0) is 24.1 Å². The number of amides is 2. The molecule has 2 N–H and O–H groups in total. The van der Waals surface area contributed by atoms with Crippen LogP contribution in [0.2, 0.25) is 0 Å². The molecule has 19 heavy (non-hydrogen) atoms. The van der Waals surface area contributed by atoms with Gasteiger partial charge in [-0.2, -0.15) is 0 Å². The second-order valence-corrected chi connectivity index (χ2v) is 4.55. The van der Waals surface area contributed by atoms with Crippen LogP contribution in [-0.2, 0) is 16.0 Å². The van der Waals surface area contributed by atoms with Gasteiger partial charge in [0.15, 0.2) is 0 Å². The second kappa shape index (κ2) is 8.29. The summed E-state index contributed by atoms with van der Waals surface area (Å²) in [5.41, 5.74) is 1.71. The van der Waals surface area contributed by atoms with E-state index < -0.39 is 0 Å². The zero-order valence-electron chi connectivity index (χ0n) is 11.7. The molecule has 1 rings (SSSR count). The third-order valence-corrected chi connectivity index (χ3v) is 2.89. The SMILES string of the molecule is CCCCCC(=O)Nc1ccc(CC(=O)NC)cc1. The van der Waals surface area contributed by atoms with Crippen molar-refractivity contribution in [3.05, 3.63) is 29.8 Å². The summed E-state index contributed by atoms with van der Waals surface area (Å²) in [6.07, 6.45) is 4.05. The van der Waals surface area contributed by atoms with Crippen LogP contribution in [0.25, 0.3) is 0 Å². The van der Waals surface area contributed by atoms with E-state index in [0.717, 1.165) is 30.5 Å². The molecule has 0 unspecified atom stereocenters. The van der Waals surface area contributed by atoms with E-state index in [1.807, 2.05) is 24.3 Å². The summed E-state index contributed by atoms with van der Waals surface area (Å²) in [6.45, 7) is 2.11. The van der Waals surface area contributed by atoms with Gasteiger partial charge in [-0.1, -0.05) is 31.9 Å². The van der Waals surface area contributed by atoms with Gasteiger partial charge in [0.25, 0.3) is 0 Å². The van der Waals surface area contributed by atoms with Gasteiger partial charge in [0.05, 0.1) is 6.42 Å². The van der Waals surface area contributed by atoms with Gasteiger partial charge >= 0.3 is 0 Å². The summed E-state index contributed by atoms with van der Waals surface area (Å²) in [4.78, 5) is 22.8. The number of nitrogens with one attached hydrogen (secondary N) is 2. The second-order valence-electron chi connectivity index (χ2n) is 4.55. The molecule has 4 heteroatoms. The Balaban J connectivity index is 2.43. The highest BCUT2D eigenvalue weighted by Gasteiger charge is 2.03. The number of hydrogen-bond acceptors (Lipinski definition) is 2. The van der Waals surface area contributed by atoms with Gasteiger partial charge in [-0.25, -0.2) is 0 Å². The molecule has 0 saturated carbocycles. The molecular formula is C15H22N2O2. The molecule has 0 fully saturated rings. The van der Waals surface area contributed by atoms with Gasteiger partial charge < -0.3 is 10.6 Å². The van der Waals surface area contributed by atoms with Crippen LogP contribution in [0.15, 0.2) is 24.3 Å². The lowest BCUT2D eigenvalue weighted by molar-refractivity contribution is -0.120. The Kier molecular flexibility index (Phi) is 6.64. The van der Waals surface area contributed by atoms with Crippen molar-refractivity contribution in [2.45, 2.75) is 39.0 Å². The van der Waals surface area contributed by atoms with E-state index >= 15 is 0 Å². The number of hydrogen-bond donors (Lipinski definition) is 2. The number of carbonyl (C=O) groups excluding carboxylic acids is 2. The van der Waals surface area contributed by atoms with Crippen molar-refractivity contribution >= 4 is 17.5 Å². The molecular weight excluding hydrogens is 240 g/mol. The van der Waals surface area contributed by atoms with Crippen LogP contribution in [0.1, 0.15) is 38.2 Å². The molecule has 0 aliphatic rings. The maximum Gasteiger partial charge on any atom is 0.224 e. The van der Waals surface area contributed by atoms with Crippen LogP contribution in [-0.4, -0.2) is 18.9 Å². The highest BCUT2D eigenvalue weighted by molar-refractivity contribution is 5.90. The van der Waals surface area contributed by atoms with E-state index in [-0.39, 0.29) is 11.8 Å². The minimum atomic E-state index is -0.0173. The van der Waals surface area contributed by atoms with Crippen molar-refractivity contribution in [2.24, 2.45) is 0 Å². The molecule has 0 radical (unpaired) electrons. The predicted octanol–water partition coefficient (Wildman–Crippen LogP) is 2.49. The zero-order valence-corrected chi connectivity index (χ0v) is 11.7. The Morgan fingerprint density at radius 1 is 1.05 bits per heavy atom. The van der Waals surface area contributed by atoms with E-state index in [1.165, 1.54) is 0 Å². The molecule has 0 atom stereocenters. The average molecular weight is 262 g/mol. The van der Waals surface area contributed by atoms with Crippen LogP contribution in [0.5, 0.6) is 0 Å². The van der Waals surface area contributed by atoms with Crippen molar-refractivity contribution in [1.29, 1.82) is 0 Å². The van der Waals surface area contributed by atoms with Crippen molar-refractivity contribution in [1.82, 2.24) is 5.32 Å². The first-order valence-electron chi connectivity index (χ1n) is 6.75. The minimum Gasteiger partial charge on any atom is -0.359 e. The van der Waals surface area contributed by atoms with Crippen LogP contribution >= 0.6 is 0 Å². The van der Waals surface area contributed by atoms with Gasteiger partial charge in [0, 0.05) is 19.2 Å². The largest absolute Gasteiger partial charge is 0.359 e. The molecule has 1 aromatic rings. The molecule has 104 valence electrons. The Morgan fingerprint density at radius 2 is 1.74 bits per heavy atom. The Hall–Kier alpha value is -1.84. The highest BCUT2D eigenvalue weighted by atomic mass is 16.2. The average Bonchev–Trinajstić information content (AvgIpc) is 2.41. The van der Waals surface area contributed by atoms with Crippen LogP contribution in [0.3, 0.4) is 0 Å². The first-order chi connectivity index (χ1) is 9.15. The van der Waals surface area contributed by atoms with E-state index in [1.54, 1.807) is 7.05 Å². The molecule has 4 nitrogen and oxygen atoms in total. The summed E-state index contributed by atoms with van der Waals surface area (Å²) in [5, 5.41) is 5.44. The predicted molar refractivity (Wildman–Crippen MR) is 77.0 cm³/mol. The fraction of sp³-hybridized carbons (Fsp3) is 0.467. The third kappa shape index (κ3) is 6.04. The first-order valence-corrected chi connectivity index (χ1v) is 6.75. The topological polar surface area (TPSA) is 58.2 Å². The first kappa shape index (κ1) is 15.2. The third-order valence-electron chi connectivity index (χ3n) is 2.89. The number of carbonyl (C=O) groups is 2. The minimum absolute atomic E-state index is 0.0173. The van der Waals surface area contributed by atoms with Crippen molar-refractivity contribution in [3.8, 4) is 0 Å². The molecule has 0 bridgehead atoms. The molecule has 0 aliphatic carbocycles. The molecule has 1 aromatic carbocycles. The summed E-state index contributed by atoms with van der Waals surface area (Å²) < 4.78 is 0. The van der Waals surface area contributed by atoms with Crippen LogP contribution in [0.4, 0.5) is 5.69 Å². The molecule has 0 spiro atoms. The standard InChI is InChI=1S/C15H22N2O2/c1-3-4-5-6-14(18)17-13-9-7-12(8-10-13)11-15(19)16-2/h7-10H,3-6,11H2,1-2H3,(H,16,19)(H,17,18). The number of unbranched alkanes of at least 4 members (excludes halogenated alkanes) is 2. The van der Waals surface area contributed by atoms with Crippen molar-refractivity contribution in [3.63, 3.8) is 0 Å². The van der Waals surface area contributed by atoms with E-state index in [0.29, 0.717) is 12.8 Å². The molecule has 0 aliphatic heterocycles. The summed E-state index contributed by atoms with van der Waals surface area (Å²) in [6, 6.07) is 7.37. The molecule has 0 aromatic heterocycles. The van der Waals surface area contributed by atoms with Crippen molar-refractivity contribution in [2.75, 3.05) is 12.4 Å². The maximum atomic E-state index is 11.6. The van der Waals surface area contributed by atoms with Crippen molar-refractivity contribution < 1.29 is 9.59 Å². The molecule has 0 heterocycles. The van der Waals surface area contributed by atoms with E-state index in [4.69, 9.17) is 0 Å².